The molecular formula is C13H19NO2. The van der Waals surface area contributed by atoms with Crippen molar-refractivity contribution in [1.29, 1.82) is 0 Å². The van der Waals surface area contributed by atoms with Crippen LogP contribution in [-0.4, -0.2) is 22.8 Å². The first-order valence-corrected chi connectivity index (χ1v) is 5.98. The van der Waals surface area contributed by atoms with Gasteiger partial charge in [0, 0.05) is 24.6 Å². The van der Waals surface area contributed by atoms with Gasteiger partial charge in [0.25, 0.3) is 0 Å². The Balaban J connectivity index is 1.87. The Morgan fingerprint density at radius 2 is 2.12 bits per heavy atom. The van der Waals surface area contributed by atoms with Gasteiger partial charge in [-0.25, -0.2) is 0 Å². The average Bonchev–Trinajstić information content (AvgIpc) is 2.30. The number of rotatable bonds is 3. The van der Waals surface area contributed by atoms with Gasteiger partial charge < -0.3 is 9.84 Å². The van der Waals surface area contributed by atoms with Crippen LogP contribution in [-0.2, 0) is 0 Å². The Hall–Kier alpha value is -1.09. The predicted octanol–water partition coefficient (Wildman–Crippen LogP) is 2.32. The zero-order valence-electron chi connectivity index (χ0n) is 9.72. The number of aryl methyl sites for hydroxylation is 1. The lowest BCUT2D eigenvalue weighted by molar-refractivity contribution is 0.104. The fourth-order valence-corrected chi connectivity index (χ4v) is 2.22. The number of hydrogen-bond donors (Lipinski definition) is 1. The molecule has 1 heterocycles. The highest BCUT2D eigenvalue weighted by molar-refractivity contribution is 5.22. The van der Waals surface area contributed by atoms with E-state index in [-0.39, 0.29) is 0 Å². The van der Waals surface area contributed by atoms with E-state index in [0.717, 1.165) is 37.1 Å². The minimum Gasteiger partial charge on any atom is -0.490 e. The number of hydrogen-bond acceptors (Lipinski definition) is 3. The van der Waals surface area contributed by atoms with Gasteiger partial charge in [-0.1, -0.05) is 0 Å². The van der Waals surface area contributed by atoms with E-state index < -0.39 is 0 Å². The van der Waals surface area contributed by atoms with Gasteiger partial charge in [0.2, 0.25) is 0 Å². The minimum absolute atomic E-state index is 0.310. The van der Waals surface area contributed by atoms with E-state index >= 15 is 0 Å². The second-order valence-corrected chi connectivity index (χ2v) is 4.58. The second kappa shape index (κ2) is 5.30. The van der Waals surface area contributed by atoms with Gasteiger partial charge in [-0.3, -0.25) is 4.98 Å². The van der Waals surface area contributed by atoms with Gasteiger partial charge in [-0.05, 0) is 44.6 Å². The molecule has 0 radical (unpaired) electrons. The maximum atomic E-state index is 9.05. The van der Waals surface area contributed by atoms with E-state index in [4.69, 9.17) is 9.84 Å². The van der Waals surface area contributed by atoms with Gasteiger partial charge in [-0.15, -0.1) is 0 Å². The fourth-order valence-electron chi connectivity index (χ4n) is 2.22. The zero-order valence-corrected chi connectivity index (χ0v) is 9.72. The van der Waals surface area contributed by atoms with Crippen LogP contribution >= 0.6 is 0 Å². The molecule has 0 unspecified atom stereocenters. The molecule has 0 bridgehead atoms. The Morgan fingerprint density at radius 1 is 1.38 bits per heavy atom. The summed E-state index contributed by atoms with van der Waals surface area (Å²) in [5, 5.41) is 9.05. The van der Waals surface area contributed by atoms with Crippen LogP contribution in [0.3, 0.4) is 0 Å². The molecule has 0 aliphatic heterocycles. The normalized spacial score (nSPS) is 25.4. The lowest BCUT2D eigenvalue weighted by Crippen LogP contribution is -2.25. The molecule has 2 rings (SSSR count). The Labute approximate surface area is 96.5 Å². The van der Waals surface area contributed by atoms with Gasteiger partial charge in [0.1, 0.15) is 5.75 Å². The maximum absolute atomic E-state index is 9.05. The number of ether oxygens (including phenoxy) is 1. The van der Waals surface area contributed by atoms with E-state index in [1.54, 1.807) is 6.20 Å². The highest BCUT2D eigenvalue weighted by Gasteiger charge is 2.21. The molecule has 1 fully saturated rings. The lowest BCUT2D eigenvalue weighted by atomic mass is 9.88. The predicted molar refractivity (Wildman–Crippen MR) is 62.4 cm³/mol. The van der Waals surface area contributed by atoms with Gasteiger partial charge >= 0.3 is 0 Å². The van der Waals surface area contributed by atoms with Crippen LogP contribution in [0.25, 0.3) is 0 Å². The Bertz CT molecular complexity index is 332. The van der Waals surface area contributed by atoms with Crippen molar-refractivity contribution >= 4 is 0 Å². The minimum atomic E-state index is 0.310. The van der Waals surface area contributed by atoms with Crippen LogP contribution in [0.1, 0.15) is 31.4 Å². The molecule has 1 aliphatic carbocycles. The van der Waals surface area contributed by atoms with Crippen molar-refractivity contribution in [2.45, 2.75) is 38.7 Å². The first kappa shape index (κ1) is 11.4. The van der Waals surface area contributed by atoms with E-state index in [1.165, 1.54) is 0 Å². The van der Waals surface area contributed by atoms with Crippen molar-refractivity contribution in [3.05, 3.63) is 24.0 Å². The summed E-state index contributed by atoms with van der Waals surface area (Å²) in [7, 11) is 0. The monoisotopic (exact) mass is 221 g/mol. The van der Waals surface area contributed by atoms with Crippen LogP contribution < -0.4 is 4.74 Å². The van der Waals surface area contributed by atoms with Gasteiger partial charge in [0.05, 0.1) is 6.10 Å². The summed E-state index contributed by atoms with van der Waals surface area (Å²) >= 11 is 0. The van der Waals surface area contributed by atoms with Crippen molar-refractivity contribution in [3.63, 3.8) is 0 Å². The Morgan fingerprint density at radius 3 is 2.75 bits per heavy atom. The molecule has 1 N–H and O–H groups in total. The van der Waals surface area contributed by atoms with Gasteiger partial charge in [-0.2, -0.15) is 0 Å². The molecule has 1 aromatic rings. The van der Waals surface area contributed by atoms with E-state index in [0.29, 0.717) is 18.6 Å². The fraction of sp³-hybridized carbons (Fsp3) is 0.615. The number of aromatic nitrogens is 1. The molecule has 0 aromatic carbocycles. The maximum Gasteiger partial charge on any atom is 0.123 e. The van der Waals surface area contributed by atoms with Crippen LogP contribution in [0.2, 0.25) is 0 Å². The largest absolute Gasteiger partial charge is 0.490 e. The number of nitrogens with zero attached hydrogens (tertiary/aromatic N) is 1. The molecule has 0 atom stereocenters. The molecular weight excluding hydrogens is 202 g/mol. The highest BCUT2D eigenvalue weighted by atomic mass is 16.5. The van der Waals surface area contributed by atoms with Crippen molar-refractivity contribution in [2.24, 2.45) is 5.92 Å². The summed E-state index contributed by atoms with van der Waals surface area (Å²) < 4.78 is 5.91. The van der Waals surface area contributed by atoms with Crippen molar-refractivity contribution in [2.75, 3.05) is 6.61 Å². The number of aliphatic hydroxyl groups excluding tert-OH is 1. The Kier molecular flexibility index (Phi) is 3.78. The highest BCUT2D eigenvalue weighted by Crippen LogP contribution is 2.27. The molecule has 3 heteroatoms. The third-order valence-corrected chi connectivity index (χ3v) is 3.22. The standard InChI is InChI=1S/C13H19NO2/c1-10-8-13(6-7-14-10)16-12-4-2-11(9-15)3-5-12/h6-8,11-12,15H,2-5,9H2,1H3. The van der Waals surface area contributed by atoms with Gasteiger partial charge in [0.15, 0.2) is 0 Å². The molecule has 16 heavy (non-hydrogen) atoms. The summed E-state index contributed by atoms with van der Waals surface area (Å²) in [6.45, 7) is 2.29. The zero-order chi connectivity index (χ0) is 11.4. The lowest BCUT2D eigenvalue weighted by Gasteiger charge is -2.27. The third-order valence-electron chi connectivity index (χ3n) is 3.22. The van der Waals surface area contributed by atoms with Crippen molar-refractivity contribution < 1.29 is 9.84 Å². The molecule has 0 spiro atoms. The van der Waals surface area contributed by atoms with E-state index in [1.807, 2.05) is 19.1 Å². The topological polar surface area (TPSA) is 42.4 Å². The smallest absolute Gasteiger partial charge is 0.123 e. The summed E-state index contributed by atoms with van der Waals surface area (Å²) in [6.07, 6.45) is 6.34. The van der Waals surface area contributed by atoms with Crippen molar-refractivity contribution in [3.8, 4) is 5.75 Å². The summed E-state index contributed by atoms with van der Waals surface area (Å²) in [4.78, 5) is 4.15. The summed E-state index contributed by atoms with van der Waals surface area (Å²) in [6, 6.07) is 3.88. The summed E-state index contributed by atoms with van der Waals surface area (Å²) in [5.74, 6) is 1.40. The molecule has 3 nitrogen and oxygen atoms in total. The number of aliphatic hydroxyl groups is 1. The SMILES string of the molecule is Cc1cc(OC2CCC(CO)CC2)ccn1. The molecule has 0 amide bonds. The van der Waals surface area contributed by atoms with Crippen LogP contribution in [0.4, 0.5) is 0 Å². The van der Waals surface area contributed by atoms with Crippen LogP contribution in [0, 0.1) is 12.8 Å². The quantitative estimate of drug-likeness (QED) is 0.851. The number of pyridine rings is 1. The van der Waals surface area contributed by atoms with E-state index in [9.17, 15) is 0 Å². The van der Waals surface area contributed by atoms with E-state index in [2.05, 4.69) is 4.98 Å². The molecule has 0 saturated heterocycles. The van der Waals surface area contributed by atoms with Crippen LogP contribution in [0.5, 0.6) is 5.75 Å². The van der Waals surface area contributed by atoms with Crippen molar-refractivity contribution in [1.82, 2.24) is 4.98 Å². The first-order chi connectivity index (χ1) is 7.78. The second-order valence-electron chi connectivity index (χ2n) is 4.58. The molecule has 88 valence electrons. The average molecular weight is 221 g/mol. The first-order valence-electron chi connectivity index (χ1n) is 5.98. The third kappa shape index (κ3) is 2.95. The van der Waals surface area contributed by atoms with Crippen LogP contribution in [0.15, 0.2) is 18.3 Å². The molecule has 1 saturated carbocycles. The summed E-state index contributed by atoms with van der Waals surface area (Å²) in [5.41, 5.74) is 0.988. The molecule has 1 aromatic heterocycles. The molecule has 1 aliphatic rings.